The number of rotatable bonds is 4. The second kappa shape index (κ2) is 6.14. The van der Waals surface area contributed by atoms with Crippen LogP contribution >= 0.6 is 11.6 Å². The van der Waals surface area contributed by atoms with Crippen LogP contribution in [0.5, 0.6) is 0 Å². The maximum absolute atomic E-state index is 11.1. The third-order valence-electron chi connectivity index (χ3n) is 3.56. The first-order valence-corrected chi connectivity index (χ1v) is 7.04. The first-order chi connectivity index (χ1) is 9.88. The molecule has 0 aliphatic rings. The minimum Gasteiger partial charge on any atom is -0.373 e. The lowest BCUT2D eigenvalue weighted by molar-refractivity contribution is -0.384. The van der Waals surface area contributed by atoms with Crippen molar-refractivity contribution in [1.29, 1.82) is 0 Å². The van der Waals surface area contributed by atoms with E-state index in [-0.39, 0.29) is 11.7 Å². The van der Waals surface area contributed by atoms with E-state index in [0.29, 0.717) is 10.7 Å². The van der Waals surface area contributed by atoms with Crippen LogP contribution in [0.3, 0.4) is 0 Å². The molecule has 0 aliphatic carbocycles. The molecule has 0 amide bonds. The molecule has 2 aromatic carbocycles. The highest BCUT2D eigenvalue weighted by molar-refractivity contribution is 6.31. The van der Waals surface area contributed by atoms with Crippen molar-refractivity contribution in [2.24, 2.45) is 0 Å². The number of anilines is 1. The molecule has 1 unspecified atom stereocenters. The average Bonchev–Trinajstić information content (AvgIpc) is 2.41. The lowest BCUT2D eigenvalue weighted by Gasteiger charge is -2.17. The number of nitro groups is 1. The topological polar surface area (TPSA) is 55.2 Å². The standard InChI is InChI=1S/C16H17ClN2O2/c1-10-4-5-13(8-11(10)2)12(3)18-15-9-14(17)6-7-16(15)19(20)21/h4-9,12,18H,1-3H3. The van der Waals surface area contributed by atoms with Gasteiger partial charge in [-0.15, -0.1) is 0 Å². The molecule has 1 N–H and O–H groups in total. The molecule has 21 heavy (non-hydrogen) atoms. The third-order valence-corrected chi connectivity index (χ3v) is 3.79. The van der Waals surface area contributed by atoms with Gasteiger partial charge in [-0.3, -0.25) is 10.1 Å². The summed E-state index contributed by atoms with van der Waals surface area (Å²) in [6, 6.07) is 10.6. The molecule has 0 radical (unpaired) electrons. The molecule has 0 saturated heterocycles. The van der Waals surface area contributed by atoms with Crippen molar-refractivity contribution < 1.29 is 4.92 Å². The van der Waals surface area contributed by atoms with Crippen LogP contribution in [0.2, 0.25) is 5.02 Å². The number of halogens is 1. The molecule has 0 aromatic heterocycles. The maximum Gasteiger partial charge on any atom is 0.292 e. The normalized spacial score (nSPS) is 12.0. The quantitative estimate of drug-likeness (QED) is 0.636. The van der Waals surface area contributed by atoms with Crippen molar-refractivity contribution in [3.8, 4) is 0 Å². The van der Waals surface area contributed by atoms with E-state index in [1.165, 1.54) is 23.3 Å². The summed E-state index contributed by atoms with van der Waals surface area (Å²) in [5.41, 5.74) is 3.95. The molecular formula is C16H17ClN2O2. The minimum atomic E-state index is -0.411. The van der Waals surface area contributed by atoms with Gasteiger partial charge in [0.05, 0.1) is 4.92 Å². The molecule has 0 spiro atoms. The Kier molecular flexibility index (Phi) is 4.48. The van der Waals surface area contributed by atoms with Gasteiger partial charge < -0.3 is 5.32 Å². The number of hydrogen-bond acceptors (Lipinski definition) is 3. The highest BCUT2D eigenvalue weighted by atomic mass is 35.5. The zero-order valence-electron chi connectivity index (χ0n) is 12.2. The summed E-state index contributed by atoms with van der Waals surface area (Å²) >= 11 is 5.93. The molecule has 110 valence electrons. The summed E-state index contributed by atoms with van der Waals surface area (Å²) in [4.78, 5) is 10.7. The maximum atomic E-state index is 11.1. The van der Waals surface area contributed by atoms with Crippen molar-refractivity contribution in [2.45, 2.75) is 26.8 Å². The summed E-state index contributed by atoms with van der Waals surface area (Å²) in [6.45, 7) is 6.07. The Labute approximate surface area is 128 Å². The number of nitrogens with one attached hydrogen (secondary N) is 1. The molecule has 0 aliphatic heterocycles. The fourth-order valence-corrected chi connectivity index (χ4v) is 2.31. The molecule has 0 fully saturated rings. The van der Waals surface area contributed by atoms with Crippen molar-refractivity contribution in [3.63, 3.8) is 0 Å². The van der Waals surface area contributed by atoms with E-state index in [1.54, 1.807) is 6.07 Å². The first kappa shape index (κ1) is 15.3. The van der Waals surface area contributed by atoms with Gasteiger partial charge in [-0.1, -0.05) is 29.8 Å². The number of benzene rings is 2. The number of nitrogens with zero attached hydrogens (tertiary/aromatic N) is 1. The Bertz CT molecular complexity index is 686. The summed E-state index contributed by atoms with van der Waals surface area (Å²) < 4.78 is 0. The van der Waals surface area contributed by atoms with Gasteiger partial charge in [-0.05, 0) is 49.6 Å². The number of aryl methyl sites for hydroxylation is 2. The molecule has 2 rings (SSSR count). The predicted octanol–water partition coefficient (Wildman–Crippen LogP) is 5.04. The summed E-state index contributed by atoms with van der Waals surface area (Å²) in [5, 5.41) is 14.7. The van der Waals surface area contributed by atoms with E-state index in [0.717, 1.165) is 5.56 Å². The molecule has 0 heterocycles. The molecule has 0 bridgehead atoms. The van der Waals surface area contributed by atoms with E-state index in [9.17, 15) is 10.1 Å². The van der Waals surface area contributed by atoms with Gasteiger partial charge in [0.2, 0.25) is 0 Å². The van der Waals surface area contributed by atoms with E-state index in [1.807, 2.05) is 19.9 Å². The average molecular weight is 305 g/mol. The summed E-state index contributed by atoms with van der Waals surface area (Å²) in [5.74, 6) is 0. The summed E-state index contributed by atoms with van der Waals surface area (Å²) in [6.07, 6.45) is 0. The monoisotopic (exact) mass is 304 g/mol. The van der Waals surface area contributed by atoms with Crippen LogP contribution in [-0.2, 0) is 0 Å². The fourth-order valence-electron chi connectivity index (χ4n) is 2.13. The van der Waals surface area contributed by atoms with E-state index in [4.69, 9.17) is 11.6 Å². The van der Waals surface area contributed by atoms with Gasteiger partial charge in [-0.25, -0.2) is 0 Å². The van der Waals surface area contributed by atoms with E-state index < -0.39 is 4.92 Å². The van der Waals surface area contributed by atoms with Crippen LogP contribution in [0.4, 0.5) is 11.4 Å². The molecule has 2 aromatic rings. The summed E-state index contributed by atoms with van der Waals surface area (Å²) in [7, 11) is 0. The lowest BCUT2D eigenvalue weighted by Crippen LogP contribution is -2.08. The van der Waals surface area contributed by atoms with Gasteiger partial charge in [0.15, 0.2) is 0 Å². The van der Waals surface area contributed by atoms with E-state index in [2.05, 4.69) is 24.4 Å². The lowest BCUT2D eigenvalue weighted by atomic mass is 10.0. The van der Waals surface area contributed by atoms with Crippen LogP contribution in [0.1, 0.15) is 29.7 Å². The SMILES string of the molecule is Cc1ccc(C(C)Nc2cc(Cl)ccc2[N+](=O)[O-])cc1C. The van der Waals surface area contributed by atoms with Crippen LogP contribution in [-0.4, -0.2) is 4.92 Å². The zero-order valence-corrected chi connectivity index (χ0v) is 12.9. The predicted molar refractivity (Wildman–Crippen MR) is 86.1 cm³/mol. The largest absolute Gasteiger partial charge is 0.373 e. The van der Waals surface area contributed by atoms with Crippen molar-refractivity contribution in [1.82, 2.24) is 0 Å². The second-order valence-electron chi connectivity index (χ2n) is 5.13. The van der Waals surface area contributed by atoms with Crippen molar-refractivity contribution in [2.75, 3.05) is 5.32 Å². The smallest absolute Gasteiger partial charge is 0.292 e. The Balaban J connectivity index is 2.30. The van der Waals surface area contributed by atoms with Crippen molar-refractivity contribution >= 4 is 23.0 Å². The third kappa shape index (κ3) is 3.52. The van der Waals surface area contributed by atoms with Crippen LogP contribution in [0, 0.1) is 24.0 Å². The fraction of sp³-hybridized carbons (Fsp3) is 0.250. The molecule has 1 atom stereocenters. The zero-order chi connectivity index (χ0) is 15.6. The van der Waals surface area contributed by atoms with Gasteiger partial charge in [-0.2, -0.15) is 0 Å². The Morgan fingerprint density at radius 3 is 2.48 bits per heavy atom. The first-order valence-electron chi connectivity index (χ1n) is 6.66. The van der Waals surface area contributed by atoms with Gasteiger partial charge >= 0.3 is 0 Å². The Morgan fingerprint density at radius 1 is 1.14 bits per heavy atom. The Hall–Kier alpha value is -2.07. The Morgan fingerprint density at radius 2 is 1.86 bits per heavy atom. The van der Waals surface area contributed by atoms with E-state index >= 15 is 0 Å². The highest BCUT2D eigenvalue weighted by Gasteiger charge is 2.16. The van der Waals surface area contributed by atoms with Gasteiger partial charge in [0.25, 0.3) is 5.69 Å². The molecule has 5 heteroatoms. The molecular weight excluding hydrogens is 288 g/mol. The van der Waals surface area contributed by atoms with Crippen LogP contribution in [0.25, 0.3) is 0 Å². The highest BCUT2D eigenvalue weighted by Crippen LogP contribution is 2.31. The van der Waals surface area contributed by atoms with Crippen molar-refractivity contribution in [3.05, 3.63) is 68.2 Å². The second-order valence-corrected chi connectivity index (χ2v) is 5.56. The van der Waals surface area contributed by atoms with Crippen LogP contribution < -0.4 is 5.32 Å². The van der Waals surface area contributed by atoms with Gasteiger partial charge in [0.1, 0.15) is 5.69 Å². The molecule has 0 saturated carbocycles. The minimum absolute atomic E-state index is 0.0232. The van der Waals surface area contributed by atoms with Crippen LogP contribution in [0.15, 0.2) is 36.4 Å². The molecule has 4 nitrogen and oxygen atoms in total. The van der Waals surface area contributed by atoms with Gasteiger partial charge in [0, 0.05) is 17.1 Å². The number of nitro benzene ring substituents is 1. The number of hydrogen-bond donors (Lipinski definition) is 1.